The summed E-state index contributed by atoms with van der Waals surface area (Å²) in [7, 11) is -3.59. The zero-order valence-corrected chi connectivity index (χ0v) is 16.2. The topological polar surface area (TPSA) is 106 Å². The lowest BCUT2D eigenvalue weighted by Crippen LogP contribution is -2.50. The molecule has 0 atom stereocenters. The Morgan fingerprint density at radius 1 is 1.26 bits per heavy atom. The van der Waals surface area contributed by atoms with E-state index in [1.54, 1.807) is 26.5 Å². The first kappa shape index (κ1) is 18.1. The molecule has 0 unspecified atom stereocenters. The third kappa shape index (κ3) is 3.36. The number of hydrogen-bond acceptors (Lipinski definition) is 6. The van der Waals surface area contributed by atoms with Gasteiger partial charge in [-0.25, -0.2) is 18.1 Å². The molecule has 0 bridgehead atoms. The van der Waals surface area contributed by atoms with E-state index in [0.717, 1.165) is 18.7 Å². The van der Waals surface area contributed by atoms with Gasteiger partial charge in [0.05, 0.1) is 25.1 Å². The van der Waals surface area contributed by atoms with E-state index in [4.69, 9.17) is 0 Å². The van der Waals surface area contributed by atoms with Gasteiger partial charge in [-0.2, -0.15) is 4.31 Å². The molecule has 2 aliphatic heterocycles. The number of carbonyl (C=O) groups excluding carboxylic acids is 1. The van der Waals surface area contributed by atoms with Crippen molar-refractivity contribution in [1.29, 1.82) is 0 Å². The Morgan fingerprint density at radius 2 is 2.04 bits per heavy atom. The monoisotopic (exact) mass is 393 g/mol. The normalized spacial score (nSPS) is 19.2. The van der Waals surface area contributed by atoms with Crippen LogP contribution >= 0.6 is 0 Å². The molecule has 0 saturated carbocycles. The van der Waals surface area contributed by atoms with E-state index in [2.05, 4.69) is 15.3 Å². The minimum atomic E-state index is -3.59. The van der Waals surface area contributed by atoms with Crippen LogP contribution in [0.3, 0.4) is 0 Å². The largest absolute Gasteiger partial charge is 0.337 e. The summed E-state index contributed by atoms with van der Waals surface area (Å²) in [4.78, 5) is 17.5. The molecular weight excluding hydrogens is 370 g/mol. The van der Waals surface area contributed by atoms with E-state index in [-0.39, 0.29) is 23.0 Å². The quantitative estimate of drug-likeness (QED) is 0.704. The predicted octanol–water partition coefficient (Wildman–Crippen LogP) is 0.424. The van der Waals surface area contributed by atoms with Crippen molar-refractivity contribution in [2.45, 2.75) is 50.3 Å². The van der Waals surface area contributed by atoms with Gasteiger partial charge < -0.3 is 9.47 Å². The highest BCUT2D eigenvalue weighted by molar-refractivity contribution is 7.89. The van der Waals surface area contributed by atoms with Crippen LogP contribution in [0.4, 0.5) is 0 Å². The molecule has 2 aromatic heterocycles. The minimum Gasteiger partial charge on any atom is -0.337 e. The van der Waals surface area contributed by atoms with E-state index in [0.29, 0.717) is 26.1 Å². The maximum absolute atomic E-state index is 12.7. The summed E-state index contributed by atoms with van der Waals surface area (Å²) in [5.41, 5.74) is 0.724. The fourth-order valence-electron chi connectivity index (χ4n) is 3.28. The molecule has 2 aromatic rings. The molecule has 0 spiro atoms. The summed E-state index contributed by atoms with van der Waals surface area (Å²) in [6, 6.07) is 0.101. The highest BCUT2D eigenvalue weighted by Crippen LogP contribution is 2.27. The summed E-state index contributed by atoms with van der Waals surface area (Å²) in [5, 5.41) is 8.30. The Morgan fingerprint density at radius 3 is 2.67 bits per heavy atom. The van der Waals surface area contributed by atoms with Gasteiger partial charge in [0.1, 0.15) is 5.69 Å². The van der Waals surface area contributed by atoms with Gasteiger partial charge in [0.25, 0.3) is 10.0 Å². The average molecular weight is 393 g/mol. The smallest absolute Gasteiger partial charge is 0.262 e. The number of rotatable bonds is 6. The lowest BCUT2D eigenvalue weighted by atomic mass is 10.2. The Bertz CT molecular complexity index is 943. The molecule has 4 rings (SSSR count). The minimum absolute atomic E-state index is 0.0533. The molecule has 0 N–H and O–H groups in total. The van der Waals surface area contributed by atoms with Gasteiger partial charge in [0.15, 0.2) is 5.03 Å². The van der Waals surface area contributed by atoms with Crippen LogP contribution in [-0.4, -0.2) is 67.7 Å². The summed E-state index contributed by atoms with van der Waals surface area (Å²) in [5.74, 6) is 0.145. The van der Waals surface area contributed by atoms with Crippen molar-refractivity contribution in [2.24, 2.45) is 0 Å². The van der Waals surface area contributed by atoms with E-state index >= 15 is 0 Å². The van der Waals surface area contributed by atoms with Crippen LogP contribution < -0.4 is 0 Å². The first-order valence-corrected chi connectivity index (χ1v) is 10.5. The van der Waals surface area contributed by atoms with Crippen molar-refractivity contribution in [2.75, 3.05) is 19.6 Å². The maximum Gasteiger partial charge on any atom is 0.262 e. The van der Waals surface area contributed by atoms with Gasteiger partial charge in [-0.15, -0.1) is 5.10 Å². The van der Waals surface area contributed by atoms with Crippen LogP contribution in [0.1, 0.15) is 44.5 Å². The molecule has 11 heteroatoms. The highest BCUT2D eigenvalue weighted by atomic mass is 32.2. The summed E-state index contributed by atoms with van der Waals surface area (Å²) in [6.07, 6.45) is 6.38. The third-order valence-electron chi connectivity index (χ3n) is 5.06. The van der Waals surface area contributed by atoms with Gasteiger partial charge in [0.2, 0.25) is 5.91 Å². The second kappa shape index (κ2) is 6.71. The number of sulfonamides is 1. The van der Waals surface area contributed by atoms with Crippen molar-refractivity contribution >= 4 is 15.9 Å². The molecule has 27 heavy (non-hydrogen) atoms. The number of hydrogen-bond donors (Lipinski definition) is 0. The van der Waals surface area contributed by atoms with Crippen molar-refractivity contribution < 1.29 is 13.2 Å². The second-order valence-electron chi connectivity index (χ2n) is 7.34. The molecule has 146 valence electrons. The number of likely N-dealkylation sites (tertiary alicyclic amines) is 1. The van der Waals surface area contributed by atoms with E-state index < -0.39 is 10.0 Å². The third-order valence-corrected chi connectivity index (χ3v) is 6.78. The number of amides is 1. The van der Waals surface area contributed by atoms with E-state index in [1.807, 2.05) is 13.8 Å². The molecule has 10 nitrogen and oxygen atoms in total. The van der Waals surface area contributed by atoms with E-state index in [9.17, 15) is 13.2 Å². The van der Waals surface area contributed by atoms with E-state index in [1.165, 1.54) is 10.6 Å². The van der Waals surface area contributed by atoms with Crippen LogP contribution in [0.5, 0.6) is 0 Å². The van der Waals surface area contributed by atoms with Crippen molar-refractivity contribution in [1.82, 2.24) is 33.8 Å². The van der Waals surface area contributed by atoms with Gasteiger partial charge in [-0.1, -0.05) is 5.21 Å². The Balaban J connectivity index is 1.38. The van der Waals surface area contributed by atoms with Crippen LogP contribution in [0, 0.1) is 0 Å². The molecule has 2 saturated heterocycles. The van der Waals surface area contributed by atoms with Gasteiger partial charge in [-0.05, 0) is 20.3 Å². The van der Waals surface area contributed by atoms with Crippen molar-refractivity contribution in [3.63, 3.8) is 0 Å². The van der Waals surface area contributed by atoms with Crippen LogP contribution in [0.15, 0.2) is 23.7 Å². The number of imidazole rings is 1. The van der Waals surface area contributed by atoms with Crippen LogP contribution in [0.2, 0.25) is 0 Å². The Kier molecular flexibility index (Phi) is 4.50. The summed E-state index contributed by atoms with van der Waals surface area (Å²) < 4.78 is 30.2. The Labute approximate surface area is 157 Å². The molecule has 2 aliphatic rings. The van der Waals surface area contributed by atoms with Gasteiger partial charge >= 0.3 is 0 Å². The highest BCUT2D eigenvalue weighted by Gasteiger charge is 2.39. The molecule has 0 aromatic carbocycles. The first-order chi connectivity index (χ1) is 12.8. The number of carbonyl (C=O) groups is 1. The predicted molar refractivity (Wildman–Crippen MR) is 95.1 cm³/mol. The molecule has 0 aliphatic carbocycles. The van der Waals surface area contributed by atoms with Crippen LogP contribution in [-0.2, 0) is 21.4 Å². The zero-order valence-electron chi connectivity index (χ0n) is 15.4. The SMILES string of the molecule is CC(C)n1cnc(S(=O)(=O)N2CC(n3cc(CN4CCCC4=O)nn3)C2)c1. The fourth-order valence-corrected chi connectivity index (χ4v) is 4.71. The maximum atomic E-state index is 12.7. The van der Waals surface area contributed by atoms with Crippen molar-refractivity contribution in [3.05, 3.63) is 24.4 Å². The summed E-state index contributed by atoms with van der Waals surface area (Å²) in [6.45, 7) is 5.82. The lowest BCUT2D eigenvalue weighted by molar-refractivity contribution is -0.128. The average Bonchev–Trinajstić information content (AvgIpc) is 3.28. The lowest BCUT2D eigenvalue weighted by Gasteiger charge is -2.37. The first-order valence-electron chi connectivity index (χ1n) is 9.06. The second-order valence-corrected chi connectivity index (χ2v) is 9.22. The van der Waals surface area contributed by atoms with Gasteiger partial charge in [-0.3, -0.25) is 4.79 Å². The number of aromatic nitrogens is 5. The number of nitrogens with zero attached hydrogens (tertiary/aromatic N) is 7. The molecule has 1 amide bonds. The molecule has 0 radical (unpaired) electrons. The Hall–Kier alpha value is -2.27. The fraction of sp³-hybridized carbons (Fsp3) is 0.625. The molecular formula is C16H23N7O3S. The summed E-state index contributed by atoms with van der Waals surface area (Å²) >= 11 is 0. The van der Waals surface area contributed by atoms with Crippen LogP contribution in [0.25, 0.3) is 0 Å². The van der Waals surface area contributed by atoms with Crippen molar-refractivity contribution in [3.8, 4) is 0 Å². The standard InChI is InChI=1S/C16H23N7O3S/c1-12(2)21-10-15(17-11-21)27(25,26)22-8-14(9-22)23-7-13(18-19-23)6-20-5-3-4-16(20)24/h7,10-12,14H,3-6,8-9H2,1-2H3. The zero-order chi connectivity index (χ0) is 19.2. The van der Waals surface area contributed by atoms with Gasteiger partial charge in [0, 0.05) is 38.3 Å². The molecule has 2 fully saturated rings. The molecule has 4 heterocycles.